The minimum Gasteiger partial charge on any atom is -0.394 e. The molecule has 0 aromatic rings. The van der Waals surface area contributed by atoms with Crippen LogP contribution in [0.25, 0.3) is 0 Å². The van der Waals surface area contributed by atoms with Gasteiger partial charge in [-0.15, -0.1) is 0 Å². The van der Waals surface area contributed by atoms with E-state index in [0.29, 0.717) is 6.42 Å². The first kappa shape index (κ1) is 46.6. The highest BCUT2D eigenvalue weighted by Crippen LogP contribution is 2.15. The van der Waals surface area contributed by atoms with Gasteiger partial charge < -0.3 is 20.6 Å². The molecule has 1 amide bonds. The molecule has 0 aliphatic heterocycles. The Morgan fingerprint density at radius 1 is 0.521 bits per heavy atom. The van der Waals surface area contributed by atoms with Crippen molar-refractivity contribution >= 4 is 5.91 Å². The lowest BCUT2D eigenvalue weighted by Gasteiger charge is -2.21. The molecular formula is C43H81NO4. The van der Waals surface area contributed by atoms with E-state index in [1.54, 1.807) is 6.08 Å². The molecule has 0 saturated heterocycles. The van der Waals surface area contributed by atoms with Crippen molar-refractivity contribution in [1.82, 2.24) is 5.32 Å². The molecule has 0 bridgehead atoms. The molecule has 0 aromatic carbocycles. The van der Waals surface area contributed by atoms with Crippen molar-refractivity contribution in [2.24, 2.45) is 0 Å². The van der Waals surface area contributed by atoms with Crippen LogP contribution in [0.15, 0.2) is 36.5 Å². The second-order valence-electron chi connectivity index (χ2n) is 14.2. The Morgan fingerprint density at radius 3 is 1.33 bits per heavy atom. The van der Waals surface area contributed by atoms with Gasteiger partial charge in [-0.3, -0.25) is 4.79 Å². The van der Waals surface area contributed by atoms with Gasteiger partial charge in [-0.05, 0) is 44.9 Å². The van der Waals surface area contributed by atoms with Gasteiger partial charge in [-0.25, -0.2) is 0 Å². The van der Waals surface area contributed by atoms with Crippen molar-refractivity contribution in [1.29, 1.82) is 0 Å². The fourth-order valence-corrected chi connectivity index (χ4v) is 6.19. The van der Waals surface area contributed by atoms with Crippen molar-refractivity contribution in [3.05, 3.63) is 36.5 Å². The lowest BCUT2D eigenvalue weighted by molar-refractivity contribution is -0.124. The molecule has 0 spiro atoms. The number of rotatable bonds is 37. The van der Waals surface area contributed by atoms with Gasteiger partial charge in [0.05, 0.1) is 31.3 Å². The maximum Gasteiger partial charge on any atom is 0.222 e. The number of amides is 1. The van der Waals surface area contributed by atoms with E-state index in [0.717, 1.165) is 38.5 Å². The molecule has 0 heterocycles. The van der Waals surface area contributed by atoms with Gasteiger partial charge in [0.15, 0.2) is 0 Å². The quantitative estimate of drug-likeness (QED) is 0.0390. The second kappa shape index (κ2) is 38.4. The molecule has 3 atom stereocenters. The summed E-state index contributed by atoms with van der Waals surface area (Å²) in [6.45, 7) is 4.19. The molecule has 0 radical (unpaired) electrons. The van der Waals surface area contributed by atoms with Crippen molar-refractivity contribution in [3.8, 4) is 0 Å². The van der Waals surface area contributed by atoms with E-state index in [1.165, 1.54) is 141 Å². The van der Waals surface area contributed by atoms with Crippen molar-refractivity contribution in [3.63, 3.8) is 0 Å². The van der Waals surface area contributed by atoms with Crippen LogP contribution in [0.1, 0.15) is 206 Å². The number of hydrogen-bond donors (Lipinski definition) is 4. The normalized spacial score (nSPS) is 14.0. The Labute approximate surface area is 298 Å². The van der Waals surface area contributed by atoms with E-state index >= 15 is 0 Å². The third-order valence-corrected chi connectivity index (χ3v) is 9.41. The summed E-state index contributed by atoms with van der Waals surface area (Å²) in [5.74, 6) is -0.329. The Morgan fingerprint density at radius 2 is 0.896 bits per heavy atom. The molecule has 5 heteroatoms. The van der Waals surface area contributed by atoms with E-state index in [4.69, 9.17) is 0 Å². The van der Waals surface area contributed by atoms with Crippen molar-refractivity contribution < 1.29 is 20.1 Å². The highest BCUT2D eigenvalue weighted by molar-refractivity contribution is 5.76. The van der Waals surface area contributed by atoms with Gasteiger partial charge in [0.25, 0.3) is 0 Å². The highest BCUT2D eigenvalue weighted by Gasteiger charge is 2.20. The average molecular weight is 676 g/mol. The predicted octanol–water partition coefficient (Wildman–Crippen LogP) is 11.6. The zero-order valence-corrected chi connectivity index (χ0v) is 31.9. The van der Waals surface area contributed by atoms with Crippen LogP contribution in [0.5, 0.6) is 0 Å². The molecule has 3 unspecified atom stereocenters. The summed E-state index contributed by atoms with van der Waals surface area (Å²) in [6, 6.07) is -0.764. The van der Waals surface area contributed by atoms with E-state index < -0.39 is 18.2 Å². The molecule has 4 N–H and O–H groups in total. The Bertz CT molecular complexity index is 749. The number of allylic oxidation sites excluding steroid dienone is 5. The Balaban J connectivity index is 3.76. The van der Waals surface area contributed by atoms with Gasteiger partial charge in [-0.1, -0.05) is 192 Å². The maximum atomic E-state index is 12.4. The van der Waals surface area contributed by atoms with E-state index in [1.807, 2.05) is 6.08 Å². The second-order valence-corrected chi connectivity index (χ2v) is 14.2. The Hall–Kier alpha value is -1.43. The first-order valence-electron chi connectivity index (χ1n) is 20.8. The minimum absolute atomic E-state index is 0.00445. The summed E-state index contributed by atoms with van der Waals surface area (Å²) in [7, 11) is 0. The molecular weight excluding hydrogens is 594 g/mol. The van der Waals surface area contributed by atoms with Crippen LogP contribution in [0.2, 0.25) is 0 Å². The third-order valence-electron chi connectivity index (χ3n) is 9.41. The van der Waals surface area contributed by atoms with E-state index in [9.17, 15) is 20.1 Å². The number of carbonyl (C=O) groups excluding carboxylic acids is 1. The number of carbonyl (C=O) groups is 1. The Kier molecular flexibility index (Phi) is 37.2. The molecule has 0 fully saturated rings. The summed E-state index contributed by atoms with van der Waals surface area (Å²) < 4.78 is 0. The van der Waals surface area contributed by atoms with Crippen molar-refractivity contribution in [2.45, 2.75) is 225 Å². The molecule has 0 rings (SSSR count). The number of hydrogen-bond acceptors (Lipinski definition) is 4. The average Bonchev–Trinajstić information content (AvgIpc) is 3.08. The molecule has 0 aliphatic carbocycles. The predicted molar refractivity (Wildman–Crippen MR) is 208 cm³/mol. The summed E-state index contributed by atoms with van der Waals surface area (Å²) in [5, 5.41) is 33.1. The largest absolute Gasteiger partial charge is 0.394 e. The van der Waals surface area contributed by atoms with Gasteiger partial charge in [-0.2, -0.15) is 0 Å². The smallest absolute Gasteiger partial charge is 0.222 e. The van der Waals surface area contributed by atoms with Crippen LogP contribution >= 0.6 is 0 Å². The molecule has 0 aliphatic rings. The van der Waals surface area contributed by atoms with Crippen molar-refractivity contribution in [2.75, 3.05) is 6.61 Å². The van der Waals surface area contributed by atoms with Gasteiger partial charge in [0, 0.05) is 0 Å². The number of aliphatic hydroxyl groups excluding tert-OH is 3. The molecule has 5 nitrogen and oxygen atoms in total. The van der Waals surface area contributed by atoms with E-state index in [2.05, 4.69) is 43.5 Å². The van der Waals surface area contributed by atoms with Gasteiger partial charge in [0.2, 0.25) is 5.91 Å². The zero-order valence-electron chi connectivity index (χ0n) is 31.9. The molecule has 0 aromatic heterocycles. The van der Waals surface area contributed by atoms with Crippen LogP contribution in [0.4, 0.5) is 0 Å². The summed E-state index contributed by atoms with van der Waals surface area (Å²) >= 11 is 0. The lowest BCUT2D eigenvalue weighted by Crippen LogP contribution is -2.45. The van der Waals surface area contributed by atoms with Crippen LogP contribution < -0.4 is 5.32 Å². The van der Waals surface area contributed by atoms with Gasteiger partial charge in [0.1, 0.15) is 0 Å². The SMILES string of the molecule is CCCCCCCCCCCC/C=C/CC/C=C/CC/C=C/C(O)C(CO)NC(=O)CC(O)CCCCCCCCCCCCCCC. The van der Waals surface area contributed by atoms with Crippen LogP contribution in [-0.4, -0.2) is 46.1 Å². The van der Waals surface area contributed by atoms with Crippen LogP contribution in [0.3, 0.4) is 0 Å². The van der Waals surface area contributed by atoms with Gasteiger partial charge >= 0.3 is 0 Å². The monoisotopic (exact) mass is 676 g/mol. The standard InChI is InChI=1S/C43H81NO4/c1-3-5-7-9-11-13-15-17-18-19-20-21-22-23-25-27-29-31-33-35-37-42(47)41(39-45)44-43(48)38-40(46)36-34-32-30-28-26-24-16-14-12-10-8-6-4-2/h21-22,27,29,35,37,40-42,45-47H,3-20,23-26,28,30-34,36,38-39H2,1-2H3,(H,44,48)/b22-21+,29-27+,37-35+. The van der Waals surface area contributed by atoms with E-state index in [-0.39, 0.29) is 18.9 Å². The topological polar surface area (TPSA) is 89.8 Å². The van der Waals surface area contributed by atoms with Crippen LogP contribution in [0, 0.1) is 0 Å². The van der Waals surface area contributed by atoms with Crippen LogP contribution in [-0.2, 0) is 4.79 Å². The molecule has 0 saturated carbocycles. The fraction of sp³-hybridized carbons (Fsp3) is 0.837. The zero-order chi connectivity index (χ0) is 35.2. The lowest BCUT2D eigenvalue weighted by atomic mass is 10.0. The minimum atomic E-state index is -0.957. The summed E-state index contributed by atoms with van der Waals surface area (Å²) in [6.07, 6.45) is 47.1. The summed E-state index contributed by atoms with van der Waals surface area (Å²) in [4.78, 5) is 12.4. The molecule has 282 valence electrons. The third kappa shape index (κ3) is 34.4. The molecule has 48 heavy (non-hydrogen) atoms. The fourth-order valence-electron chi connectivity index (χ4n) is 6.19. The summed E-state index contributed by atoms with van der Waals surface area (Å²) in [5.41, 5.74) is 0. The number of nitrogens with one attached hydrogen (secondary N) is 1. The number of aliphatic hydroxyl groups is 3. The first-order valence-corrected chi connectivity index (χ1v) is 20.8. The number of unbranched alkanes of at least 4 members (excludes halogenated alkanes) is 24. The first-order chi connectivity index (χ1) is 23.5. The maximum absolute atomic E-state index is 12.4. The highest BCUT2D eigenvalue weighted by atomic mass is 16.3.